The summed E-state index contributed by atoms with van der Waals surface area (Å²) < 4.78 is 5.31. The van der Waals surface area contributed by atoms with Crippen molar-refractivity contribution in [1.29, 1.82) is 0 Å². The maximum Gasteiger partial charge on any atom is 0.360 e. The van der Waals surface area contributed by atoms with Crippen molar-refractivity contribution in [3.05, 3.63) is 86.2 Å². The Morgan fingerprint density at radius 1 is 1.09 bits per heavy atom. The molecule has 33 heavy (non-hydrogen) atoms. The van der Waals surface area contributed by atoms with Gasteiger partial charge in [0.1, 0.15) is 11.3 Å². The van der Waals surface area contributed by atoms with Crippen LogP contribution in [-0.2, 0) is 11.2 Å². The van der Waals surface area contributed by atoms with Crippen LogP contribution in [0.4, 0.5) is 10.8 Å². The number of amides is 2. The molecule has 2 amide bonds. The molecule has 1 aliphatic rings. The van der Waals surface area contributed by atoms with Crippen LogP contribution >= 0.6 is 22.9 Å². The van der Waals surface area contributed by atoms with E-state index >= 15 is 0 Å². The van der Waals surface area contributed by atoms with Crippen LogP contribution in [0.2, 0.25) is 5.02 Å². The number of benzene rings is 2. The summed E-state index contributed by atoms with van der Waals surface area (Å²) >= 11 is 7.25. The van der Waals surface area contributed by atoms with E-state index in [1.807, 2.05) is 12.1 Å². The lowest BCUT2D eigenvalue weighted by molar-refractivity contribution is -0.118. The Bertz CT molecular complexity index is 1430. The maximum absolute atomic E-state index is 13.1. The number of carbonyl (C=O) groups excluding carboxylic acids is 2. The maximum atomic E-state index is 13.1. The third-order valence-corrected chi connectivity index (χ3v) is 6.80. The van der Waals surface area contributed by atoms with Crippen LogP contribution in [0.1, 0.15) is 39.7 Å². The standard InChI is InChI=1S/C24H18ClN3O4S/c25-15-10-8-13(9-11-15)21(29)28-24-27-20-16(5-3-7-19(20)33-24)22(30)26-17-12-14-4-1-2-6-18(14)32-23(17)31/h1-2,4,6,8-12,16H,3,5,7H2,(H,26,30)(H,27,28,29). The summed E-state index contributed by atoms with van der Waals surface area (Å²) in [6.07, 6.45) is 2.20. The van der Waals surface area contributed by atoms with E-state index in [4.69, 9.17) is 16.0 Å². The zero-order valence-electron chi connectivity index (χ0n) is 17.3. The van der Waals surface area contributed by atoms with Gasteiger partial charge in [0, 0.05) is 20.8 Å². The molecular weight excluding hydrogens is 462 g/mol. The quantitative estimate of drug-likeness (QED) is 0.391. The number of para-hydroxylation sites is 1. The van der Waals surface area contributed by atoms with Gasteiger partial charge < -0.3 is 9.73 Å². The second kappa shape index (κ2) is 8.80. The summed E-state index contributed by atoms with van der Waals surface area (Å²) in [5.74, 6) is -1.14. The molecule has 4 aromatic rings. The molecule has 9 heteroatoms. The molecule has 1 aliphatic carbocycles. The van der Waals surface area contributed by atoms with Crippen LogP contribution in [0.25, 0.3) is 11.0 Å². The number of rotatable bonds is 4. The summed E-state index contributed by atoms with van der Waals surface area (Å²) in [4.78, 5) is 43.4. The van der Waals surface area contributed by atoms with Crippen molar-refractivity contribution in [1.82, 2.24) is 4.98 Å². The highest BCUT2D eigenvalue weighted by atomic mass is 35.5. The van der Waals surface area contributed by atoms with Crippen molar-refractivity contribution in [2.45, 2.75) is 25.2 Å². The van der Waals surface area contributed by atoms with Gasteiger partial charge in [-0.1, -0.05) is 29.8 Å². The fraction of sp³-hybridized carbons (Fsp3) is 0.167. The molecule has 2 heterocycles. The number of aryl methyl sites for hydroxylation is 1. The first-order valence-electron chi connectivity index (χ1n) is 10.4. The Kier molecular flexibility index (Phi) is 5.70. The van der Waals surface area contributed by atoms with Gasteiger partial charge in [-0.3, -0.25) is 14.9 Å². The van der Waals surface area contributed by atoms with Gasteiger partial charge in [0.25, 0.3) is 5.91 Å². The summed E-state index contributed by atoms with van der Waals surface area (Å²) in [7, 11) is 0. The average molecular weight is 480 g/mol. The Balaban J connectivity index is 1.36. The van der Waals surface area contributed by atoms with Crippen molar-refractivity contribution >= 4 is 56.5 Å². The van der Waals surface area contributed by atoms with Crippen molar-refractivity contribution in [3.8, 4) is 0 Å². The van der Waals surface area contributed by atoms with Gasteiger partial charge in [0.2, 0.25) is 5.91 Å². The predicted octanol–water partition coefficient (Wildman–Crippen LogP) is 5.21. The van der Waals surface area contributed by atoms with Gasteiger partial charge in [-0.15, -0.1) is 11.3 Å². The van der Waals surface area contributed by atoms with E-state index in [1.165, 1.54) is 11.3 Å². The van der Waals surface area contributed by atoms with E-state index in [1.54, 1.807) is 42.5 Å². The largest absolute Gasteiger partial charge is 0.421 e. The highest BCUT2D eigenvalue weighted by Crippen LogP contribution is 2.37. The number of nitrogens with one attached hydrogen (secondary N) is 2. The molecule has 7 nitrogen and oxygen atoms in total. The van der Waals surface area contributed by atoms with Crippen LogP contribution in [0, 0.1) is 0 Å². The molecule has 0 bridgehead atoms. The number of halogens is 1. The van der Waals surface area contributed by atoms with Crippen molar-refractivity contribution in [2.75, 3.05) is 10.6 Å². The minimum atomic E-state index is -0.604. The molecule has 0 radical (unpaired) electrons. The summed E-state index contributed by atoms with van der Waals surface area (Å²) in [6, 6.07) is 15.3. The van der Waals surface area contributed by atoms with Crippen LogP contribution in [0.5, 0.6) is 0 Å². The van der Waals surface area contributed by atoms with Gasteiger partial charge in [0.05, 0.1) is 11.6 Å². The Morgan fingerprint density at radius 2 is 1.88 bits per heavy atom. The molecule has 0 aliphatic heterocycles. The lowest BCUT2D eigenvalue weighted by Crippen LogP contribution is -2.26. The van der Waals surface area contributed by atoms with E-state index in [0.29, 0.717) is 33.4 Å². The van der Waals surface area contributed by atoms with E-state index in [9.17, 15) is 14.4 Å². The topological polar surface area (TPSA) is 101 Å². The zero-order valence-corrected chi connectivity index (χ0v) is 18.8. The number of fused-ring (bicyclic) bond motifs is 2. The van der Waals surface area contributed by atoms with E-state index in [0.717, 1.165) is 23.1 Å². The van der Waals surface area contributed by atoms with Crippen LogP contribution in [-0.4, -0.2) is 16.8 Å². The number of thiazole rings is 1. The van der Waals surface area contributed by atoms with Crippen molar-refractivity contribution in [2.24, 2.45) is 0 Å². The van der Waals surface area contributed by atoms with Gasteiger partial charge in [-0.25, -0.2) is 9.78 Å². The Labute approximate surface area is 197 Å². The number of hydrogen-bond acceptors (Lipinski definition) is 6. The van der Waals surface area contributed by atoms with Gasteiger partial charge in [-0.2, -0.15) is 0 Å². The highest BCUT2D eigenvalue weighted by molar-refractivity contribution is 7.16. The fourth-order valence-corrected chi connectivity index (χ4v) is 5.05. The predicted molar refractivity (Wildman–Crippen MR) is 128 cm³/mol. The summed E-state index contributed by atoms with van der Waals surface area (Å²) in [5, 5.41) is 7.22. The zero-order chi connectivity index (χ0) is 22.9. The second-order valence-electron chi connectivity index (χ2n) is 7.71. The molecule has 166 valence electrons. The molecule has 0 saturated carbocycles. The summed E-state index contributed by atoms with van der Waals surface area (Å²) in [6.45, 7) is 0. The number of carbonyl (C=O) groups is 2. The Hall–Kier alpha value is -3.49. The molecule has 2 aromatic carbocycles. The van der Waals surface area contributed by atoms with E-state index in [-0.39, 0.29) is 17.5 Å². The Morgan fingerprint density at radius 3 is 2.70 bits per heavy atom. The lowest BCUT2D eigenvalue weighted by Gasteiger charge is -2.20. The fourth-order valence-electron chi connectivity index (χ4n) is 3.87. The SMILES string of the molecule is O=C(Nc1nc2c(s1)CCCC2C(=O)Nc1cc2ccccc2oc1=O)c1ccc(Cl)cc1. The summed E-state index contributed by atoms with van der Waals surface area (Å²) in [5.41, 5.74) is 1.05. The first-order valence-corrected chi connectivity index (χ1v) is 11.6. The van der Waals surface area contributed by atoms with Gasteiger partial charge in [0.15, 0.2) is 5.13 Å². The minimum Gasteiger partial charge on any atom is -0.421 e. The number of anilines is 2. The molecule has 0 fully saturated rings. The van der Waals surface area contributed by atoms with Crippen LogP contribution in [0.3, 0.4) is 0 Å². The van der Waals surface area contributed by atoms with E-state index < -0.39 is 11.5 Å². The number of aromatic nitrogens is 1. The molecule has 2 N–H and O–H groups in total. The van der Waals surface area contributed by atoms with Crippen LogP contribution in [0.15, 0.2) is 63.8 Å². The van der Waals surface area contributed by atoms with Gasteiger partial charge >= 0.3 is 5.63 Å². The third kappa shape index (κ3) is 4.40. The average Bonchev–Trinajstić information content (AvgIpc) is 3.22. The third-order valence-electron chi connectivity index (χ3n) is 5.50. The molecule has 1 atom stereocenters. The van der Waals surface area contributed by atoms with Crippen molar-refractivity contribution in [3.63, 3.8) is 0 Å². The molecule has 0 saturated heterocycles. The monoisotopic (exact) mass is 479 g/mol. The number of nitrogens with zero attached hydrogens (tertiary/aromatic N) is 1. The lowest BCUT2D eigenvalue weighted by atomic mass is 9.90. The molecular formula is C24H18ClN3O4S. The molecule has 0 spiro atoms. The normalized spacial score (nSPS) is 15.1. The molecule has 5 rings (SSSR count). The van der Waals surface area contributed by atoms with Crippen LogP contribution < -0.4 is 16.3 Å². The van der Waals surface area contributed by atoms with E-state index in [2.05, 4.69) is 15.6 Å². The minimum absolute atomic E-state index is 0.0947. The molecule has 2 aromatic heterocycles. The van der Waals surface area contributed by atoms with Gasteiger partial charge in [-0.05, 0) is 55.7 Å². The van der Waals surface area contributed by atoms with Crippen molar-refractivity contribution < 1.29 is 14.0 Å². The second-order valence-corrected chi connectivity index (χ2v) is 9.23. The number of hydrogen-bond donors (Lipinski definition) is 2. The first-order chi connectivity index (χ1) is 16.0. The molecule has 1 unspecified atom stereocenters. The first kappa shape index (κ1) is 21.4. The smallest absolute Gasteiger partial charge is 0.360 e. The highest BCUT2D eigenvalue weighted by Gasteiger charge is 2.31.